The predicted molar refractivity (Wildman–Crippen MR) is 81.6 cm³/mol. The summed E-state index contributed by atoms with van der Waals surface area (Å²) in [5.74, 6) is 0. The Balaban J connectivity index is 2.28. The summed E-state index contributed by atoms with van der Waals surface area (Å²) in [5.41, 5.74) is 8.64. The van der Waals surface area contributed by atoms with Gasteiger partial charge in [0.05, 0.1) is 5.54 Å². The zero-order valence-electron chi connectivity index (χ0n) is 10.6. The molecule has 0 aliphatic rings. The van der Waals surface area contributed by atoms with Crippen LogP contribution in [-0.4, -0.2) is 0 Å². The second-order valence-corrected chi connectivity index (χ2v) is 5.71. The number of nitrogens with two attached hydrogens (primary N) is 1. The van der Waals surface area contributed by atoms with Gasteiger partial charge < -0.3 is 11.1 Å². The third-order valence-electron chi connectivity index (χ3n) is 2.94. The van der Waals surface area contributed by atoms with Crippen LogP contribution >= 0.6 is 15.9 Å². The van der Waals surface area contributed by atoms with Crippen molar-refractivity contribution in [1.29, 1.82) is 0 Å². The highest BCUT2D eigenvalue weighted by atomic mass is 79.9. The van der Waals surface area contributed by atoms with Crippen molar-refractivity contribution in [2.45, 2.75) is 19.4 Å². The number of nitrogens with one attached hydrogen (secondary N) is 1. The average molecular weight is 305 g/mol. The van der Waals surface area contributed by atoms with Crippen LogP contribution in [-0.2, 0) is 5.54 Å². The van der Waals surface area contributed by atoms with Crippen LogP contribution in [0.3, 0.4) is 0 Å². The van der Waals surface area contributed by atoms with Crippen molar-refractivity contribution in [3.05, 3.63) is 58.6 Å². The van der Waals surface area contributed by atoms with E-state index in [1.54, 1.807) is 0 Å². The van der Waals surface area contributed by atoms with E-state index in [-0.39, 0.29) is 5.54 Å². The molecule has 0 unspecified atom stereocenters. The number of rotatable bonds is 3. The molecular weight excluding hydrogens is 288 g/mol. The fraction of sp³-hybridized carbons (Fsp3) is 0.200. The van der Waals surface area contributed by atoms with Crippen molar-refractivity contribution in [2.24, 2.45) is 0 Å². The quantitative estimate of drug-likeness (QED) is 0.826. The van der Waals surface area contributed by atoms with Crippen molar-refractivity contribution in [3.8, 4) is 0 Å². The van der Waals surface area contributed by atoms with Crippen LogP contribution in [0, 0.1) is 0 Å². The maximum atomic E-state index is 5.74. The minimum absolute atomic E-state index is 0.139. The van der Waals surface area contributed by atoms with E-state index in [9.17, 15) is 0 Å². The number of halogens is 1. The molecule has 2 aromatic rings. The van der Waals surface area contributed by atoms with Gasteiger partial charge in [-0.05, 0) is 53.5 Å². The lowest BCUT2D eigenvalue weighted by molar-refractivity contribution is 0.609. The van der Waals surface area contributed by atoms with E-state index in [2.05, 4.69) is 59.4 Å². The minimum Gasteiger partial charge on any atom is -0.399 e. The molecule has 94 valence electrons. The number of benzene rings is 2. The van der Waals surface area contributed by atoms with Crippen molar-refractivity contribution in [3.63, 3.8) is 0 Å². The molecule has 0 saturated carbocycles. The standard InChI is InChI=1S/C15H17BrN2/c1-15(2,11-6-4-3-5-7-11)18-14-9-8-12(17)10-13(14)16/h3-10,18H,17H2,1-2H3. The first-order chi connectivity index (χ1) is 8.49. The summed E-state index contributed by atoms with van der Waals surface area (Å²) < 4.78 is 0.978. The van der Waals surface area contributed by atoms with Gasteiger partial charge in [-0.3, -0.25) is 0 Å². The summed E-state index contributed by atoms with van der Waals surface area (Å²) in [6.07, 6.45) is 0. The van der Waals surface area contributed by atoms with Gasteiger partial charge in [-0.25, -0.2) is 0 Å². The molecule has 0 aliphatic heterocycles. The first kappa shape index (κ1) is 13.0. The van der Waals surface area contributed by atoms with Gasteiger partial charge >= 0.3 is 0 Å². The van der Waals surface area contributed by atoms with Crippen LogP contribution in [0.25, 0.3) is 0 Å². The van der Waals surface area contributed by atoms with Crippen molar-refractivity contribution < 1.29 is 0 Å². The van der Waals surface area contributed by atoms with Gasteiger partial charge in [-0.15, -0.1) is 0 Å². The topological polar surface area (TPSA) is 38.0 Å². The molecule has 2 rings (SSSR count). The van der Waals surface area contributed by atoms with E-state index in [0.717, 1.165) is 15.8 Å². The molecule has 0 amide bonds. The molecule has 0 fully saturated rings. The maximum Gasteiger partial charge on any atom is 0.0569 e. The highest BCUT2D eigenvalue weighted by Crippen LogP contribution is 2.31. The maximum absolute atomic E-state index is 5.74. The Hall–Kier alpha value is -1.48. The van der Waals surface area contributed by atoms with Gasteiger partial charge in [0.15, 0.2) is 0 Å². The predicted octanol–water partition coefficient (Wildman–Crippen LogP) is 4.38. The highest BCUT2D eigenvalue weighted by Gasteiger charge is 2.20. The monoisotopic (exact) mass is 304 g/mol. The Labute approximate surface area is 116 Å². The lowest BCUT2D eigenvalue weighted by Gasteiger charge is -2.29. The summed E-state index contributed by atoms with van der Waals surface area (Å²) in [5, 5.41) is 3.53. The third-order valence-corrected chi connectivity index (χ3v) is 3.59. The second-order valence-electron chi connectivity index (χ2n) is 4.86. The second kappa shape index (κ2) is 5.02. The van der Waals surface area contributed by atoms with E-state index in [1.165, 1.54) is 5.56 Å². The summed E-state index contributed by atoms with van der Waals surface area (Å²) in [4.78, 5) is 0. The highest BCUT2D eigenvalue weighted by molar-refractivity contribution is 9.10. The van der Waals surface area contributed by atoms with Crippen LogP contribution in [0.2, 0.25) is 0 Å². The number of nitrogen functional groups attached to an aromatic ring is 1. The molecular formula is C15H17BrN2. The van der Waals surface area contributed by atoms with Crippen LogP contribution in [0.1, 0.15) is 19.4 Å². The van der Waals surface area contributed by atoms with E-state index in [4.69, 9.17) is 5.73 Å². The van der Waals surface area contributed by atoms with E-state index in [1.807, 2.05) is 24.3 Å². The van der Waals surface area contributed by atoms with Gasteiger partial charge in [0.25, 0.3) is 0 Å². The average Bonchev–Trinajstić information content (AvgIpc) is 2.34. The Morgan fingerprint density at radius 1 is 1.06 bits per heavy atom. The van der Waals surface area contributed by atoms with Crippen molar-refractivity contribution in [1.82, 2.24) is 0 Å². The number of hydrogen-bond acceptors (Lipinski definition) is 2. The van der Waals surface area contributed by atoms with E-state index < -0.39 is 0 Å². The molecule has 2 nitrogen and oxygen atoms in total. The SMILES string of the molecule is CC(C)(Nc1ccc(N)cc1Br)c1ccccc1. The normalized spacial score (nSPS) is 11.3. The molecule has 0 aromatic heterocycles. The van der Waals surface area contributed by atoms with Crippen molar-refractivity contribution in [2.75, 3.05) is 11.1 Å². The van der Waals surface area contributed by atoms with Crippen LogP contribution in [0.4, 0.5) is 11.4 Å². The molecule has 0 spiro atoms. The summed E-state index contributed by atoms with van der Waals surface area (Å²) in [6.45, 7) is 4.32. The summed E-state index contributed by atoms with van der Waals surface area (Å²) in [7, 11) is 0. The minimum atomic E-state index is -0.139. The molecule has 0 heterocycles. The van der Waals surface area contributed by atoms with Gasteiger partial charge in [0, 0.05) is 15.8 Å². The van der Waals surface area contributed by atoms with E-state index >= 15 is 0 Å². The summed E-state index contributed by atoms with van der Waals surface area (Å²) in [6, 6.07) is 16.2. The van der Waals surface area contributed by atoms with Crippen molar-refractivity contribution >= 4 is 27.3 Å². The lowest BCUT2D eigenvalue weighted by atomic mass is 9.94. The molecule has 0 radical (unpaired) electrons. The molecule has 3 heteroatoms. The van der Waals surface area contributed by atoms with Gasteiger partial charge in [0.1, 0.15) is 0 Å². The Morgan fingerprint density at radius 3 is 2.33 bits per heavy atom. The van der Waals surface area contributed by atoms with Crippen LogP contribution < -0.4 is 11.1 Å². The molecule has 0 saturated heterocycles. The Kier molecular flexibility index (Phi) is 3.62. The summed E-state index contributed by atoms with van der Waals surface area (Å²) >= 11 is 3.53. The van der Waals surface area contributed by atoms with Gasteiger partial charge in [-0.2, -0.15) is 0 Å². The number of anilines is 2. The first-order valence-electron chi connectivity index (χ1n) is 5.88. The van der Waals surface area contributed by atoms with Crippen LogP contribution in [0.5, 0.6) is 0 Å². The third kappa shape index (κ3) is 2.85. The molecule has 2 aromatic carbocycles. The molecule has 0 aliphatic carbocycles. The molecule has 0 bridgehead atoms. The first-order valence-corrected chi connectivity index (χ1v) is 6.67. The molecule has 3 N–H and O–H groups in total. The zero-order chi connectivity index (χ0) is 13.2. The smallest absolute Gasteiger partial charge is 0.0569 e. The zero-order valence-corrected chi connectivity index (χ0v) is 12.2. The largest absolute Gasteiger partial charge is 0.399 e. The fourth-order valence-corrected chi connectivity index (χ4v) is 2.39. The number of hydrogen-bond donors (Lipinski definition) is 2. The fourth-order valence-electron chi connectivity index (χ4n) is 1.90. The molecule has 0 atom stereocenters. The van der Waals surface area contributed by atoms with Gasteiger partial charge in [0.2, 0.25) is 0 Å². The molecule has 18 heavy (non-hydrogen) atoms. The lowest BCUT2D eigenvalue weighted by Crippen LogP contribution is -2.28. The van der Waals surface area contributed by atoms with Gasteiger partial charge in [-0.1, -0.05) is 30.3 Å². The van der Waals surface area contributed by atoms with Crippen LogP contribution in [0.15, 0.2) is 53.0 Å². The Morgan fingerprint density at radius 2 is 1.72 bits per heavy atom. The van der Waals surface area contributed by atoms with E-state index in [0.29, 0.717) is 0 Å². The Bertz CT molecular complexity index is 535.